The lowest BCUT2D eigenvalue weighted by Crippen LogP contribution is -2.26. The summed E-state index contributed by atoms with van der Waals surface area (Å²) in [6, 6.07) is 8.35. The largest absolute Gasteiger partial charge is 0.392 e. The third kappa shape index (κ3) is 3.92. The molecule has 0 radical (unpaired) electrons. The van der Waals surface area contributed by atoms with Gasteiger partial charge < -0.3 is 5.11 Å². The van der Waals surface area contributed by atoms with Crippen LogP contribution in [0.5, 0.6) is 0 Å². The molecule has 1 heterocycles. The van der Waals surface area contributed by atoms with Gasteiger partial charge in [-0.3, -0.25) is 0 Å². The van der Waals surface area contributed by atoms with Gasteiger partial charge in [0.05, 0.1) is 17.5 Å². The summed E-state index contributed by atoms with van der Waals surface area (Å²) in [7, 11) is -3.66. The standard InChI is InChI=1S/C14H16BrNO3S2/c1-9-3-6-13(20-9)10(2)16-21(18,19)14-7-11(8-17)4-5-12(14)15/h3-7,10,16-17H,8H2,1-2H3. The van der Waals surface area contributed by atoms with Gasteiger partial charge in [-0.2, -0.15) is 0 Å². The zero-order valence-electron chi connectivity index (χ0n) is 11.6. The third-order valence-electron chi connectivity index (χ3n) is 2.99. The number of aliphatic hydroxyl groups excluding tert-OH is 1. The number of thiophene rings is 1. The van der Waals surface area contributed by atoms with E-state index in [-0.39, 0.29) is 17.5 Å². The van der Waals surface area contributed by atoms with Crippen LogP contribution in [0.25, 0.3) is 0 Å². The fourth-order valence-corrected chi connectivity index (χ4v) is 5.08. The highest BCUT2D eigenvalue weighted by Gasteiger charge is 2.22. The number of rotatable bonds is 5. The fraction of sp³-hybridized carbons (Fsp3) is 0.286. The molecule has 4 nitrogen and oxygen atoms in total. The van der Waals surface area contributed by atoms with Crippen LogP contribution < -0.4 is 4.72 Å². The van der Waals surface area contributed by atoms with Crippen LogP contribution in [0, 0.1) is 6.92 Å². The van der Waals surface area contributed by atoms with Crippen LogP contribution >= 0.6 is 27.3 Å². The highest BCUT2D eigenvalue weighted by atomic mass is 79.9. The van der Waals surface area contributed by atoms with Crippen LogP contribution in [0.15, 0.2) is 39.7 Å². The number of aliphatic hydroxyl groups is 1. The number of sulfonamides is 1. The third-order valence-corrected chi connectivity index (χ3v) is 6.71. The Hall–Kier alpha value is -0.730. The molecule has 0 aliphatic heterocycles. The predicted molar refractivity (Wildman–Crippen MR) is 87.9 cm³/mol. The summed E-state index contributed by atoms with van der Waals surface area (Å²) >= 11 is 4.81. The first kappa shape index (κ1) is 16.6. The molecule has 0 fully saturated rings. The van der Waals surface area contributed by atoms with Crippen LogP contribution in [-0.4, -0.2) is 13.5 Å². The monoisotopic (exact) mass is 389 g/mol. The van der Waals surface area contributed by atoms with E-state index in [9.17, 15) is 8.42 Å². The molecule has 1 aromatic carbocycles. The van der Waals surface area contributed by atoms with E-state index in [2.05, 4.69) is 20.7 Å². The molecular formula is C14H16BrNO3S2. The SMILES string of the molecule is Cc1ccc(C(C)NS(=O)(=O)c2cc(CO)ccc2Br)s1. The van der Waals surface area contributed by atoms with Crippen molar-refractivity contribution < 1.29 is 13.5 Å². The van der Waals surface area contributed by atoms with E-state index in [0.29, 0.717) is 10.0 Å². The smallest absolute Gasteiger partial charge is 0.242 e. The van der Waals surface area contributed by atoms with Crippen molar-refractivity contribution in [2.45, 2.75) is 31.4 Å². The second kappa shape index (κ2) is 6.58. The van der Waals surface area contributed by atoms with Gasteiger partial charge >= 0.3 is 0 Å². The van der Waals surface area contributed by atoms with Gasteiger partial charge in [-0.25, -0.2) is 13.1 Å². The van der Waals surface area contributed by atoms with E-state index in [1.54, 1.807) is 23.5 Å². The first-order valence-electron chi connectivity index (χ1n) is 6.31. The van der Waals surface area contributed by atoms with Crippen molar-refractivity contribution in [3.05, 3.63) is 50.1 Å². The van der Waals surface area contributed by atoms with Crippen LogP contribution in [0.4, 0.5) is 0 Å². The number of nitrogens with one attached hydrogen (secondary N) is 1. The average Bonchev–Trinajstić information content (AvgIpc) is 2.85. The van der Waals surface area contributed by atoms with Crippen molar-refractivity contribution in [2.75, 3.05) is 0 Å². The molecule has 1 unspecified atom stereocenters. The van der Waals surface area contributed by atoms with Crippen molar-refractivity contribution in [1.29, 1.82) is 0 Å². The van der Waals surface area contributed by atoms with Crippen molar-refractivity contribution in [3.63, 3.8) is 0 Å². The Morgan fingerprint density at radius 3 is 2.62 bits per heavy atom. The molecule has 7 heteroatoms. The molecule has 2 aromatic rings. The van der Waals surface area contributed by atoms with Crippen molar-refractivity contribution in [2.24, 2.45) is 0 Å². The average molecular weight is 390 g/mol. The van der Waals surface area contributed by atoms with Gasteiger partial charge in [-0.1, -0.05) is 6.07 Å². The fourth-order valence-electron chi connectivity index (χ4n) is 1.89. The minimum atomic E-state index is -3.66. The number of hydrogen-bond acceptors (Lipinski definition) is 4. The lowest BCUT2D eigenvalue weighted by Gasteiger charge is -2.14. The molecule has 0 spiro atoms. The summed E-state index contributed by atoms with van der Waals surface area (Å²) in [6.45, 7) is 3.60. The lowest BCUT2D eigenvalue weighted by atomic mass is 10.2. The maximum atomic E-state index is 12.5. The van der Waals surface area contributed by atoms with Gasteiger partial charge in [-0.15, -0.1) is 11.3 Å². The summed E-state index contributed by atoms with van der Waals surface area (Å²) in [5.41, 5.74) is 0.554. The van der Waals surface area contributed by atoms with E-state index >= 15 is 0 Å². The number of benzene rings is 1. The van der Waals surface area contributed by atoms with E-state index in [4.69, 9.17) is 5.11 Å². The summed E-state index contributed by atoms with van der Waals surface area (Å²) in [5.74, 6) is 0. The second-order valence-electron chi connectivity index (χ2n) is 4.71. The Labute approximate surface area is 137 Å². The summed E-state index contributed by atoms with van der Waals surface area (Å²) in [4.78, 5) is 2.24. The zero-order chi connectivity index (χ0) is 15.6. The summed E-state index contributed by atoms with van der Waals surface area (Å²) in [5, 5.41) is 9.15. The molecule has 1 aromatic heterocycles. The van der Waals surface area contributed by atoms with Gasteiger partial charge in [0.1, 0.15) is 0 Å². The lowest BCUT2D eigenvalue weighted by molar-refractivity contribution is 0.281. The molecule has 1 atom stereocenters. The molecule has 114 valence electrons. The number of halogens is 1. The quantitative estimate of drug-likeness (QED) is 0.823. The minimum Gasteiger partial charge on any atom is -0.392 e. The molecule has 2 N–H and O–H groups in total. The van der Waals surface area contributed by atoms with Crippen LogP contribution in [-0.2, 0) is 16.6 Å². The first-order valence-corrected chi connectivity index (χ1v) is 9.40. The molecule has 0 amide bonds. The van der Waals surface area contributed by atoms with Gasteiger partial charge in [0.15, 0.2) is 0 Å². The van der Waals surface area contributed by atoms with Crippen molar-refractivity contribution >= 4 is 37.3 Å². The van der Waals surface area contributed by atoms with Crippen molar-refractivity contribution in [1.82, 2.24) is 4.72 Å². The molecular weight excluding hydrogens is 374 g/mol. The highest BCUT2D eigenvalue weighted by molar-refractivity contribution is 9.10. The zero-order valence-corrected chi connectivity index (χ0v) is 14.8. The van der Waals surface area contributed by atoms with Gasteiger partial charge in [0.25, 0.3) is 0 Å². The minimum absolute atomic E-state index is 0.133. The first-order chi connectivity index (χ1) is 9.83. The van der Waals surface area contributed by atoms with E-state index in [1.165, 1.54) is 6.07 Å². The Bertz CT molecular complexity index is 740. The van der Waals surface area contributed by atoms with E-state index < -0.39 is 10.0 Å². The van der Waals surface area contributed by atoms with Gasteiger partial charge in [0, 0.05) is 14.2 Å². The predicted octanol–water partition coefficient (Wildman–Crippen LogP) is 3.35. The second-order valence-corrected chi connectivity index (χ2v) is 8.57. The molecule has 0 aliphatic carbocycles. The molecule has 0 saturated carbocycles. The Morgan fingerprint density at radius 2 is 2.05 bits per heavy atom. The molecule has 0 bridgehead atoms. The van der Waals surface area contributed by atoms with Crippen LogP contribution in [0.1, 0.15) is 28.3 Å². The molecule has 0 aliphatic rings. The topological polar surface area (TPSA) is 66.4 Å². The Kier molecular flexibility index (Phi) is 5.21. The molecule has 0 saturated heterocycles. The number of hydrogen-bond donors (Lipinski definition) is 2. The highest BCUT2D eigenvalue weighted by Crippen LogP contribution is 2.27. The number of aryl methyl sites for hydroxylation is 1. The maximum Gasteiger partial charge on any atom is 0.242 e. The van der Waals surface area contributed by atoms with Crippen LogP contribution in [0.2, 0.25) is 0 Å². The van der Waals surface area contributed by atoms with E-state index in [1.807, 2.05) is 26.0 Å². The summed E-state index contributed by atoms with van der Waals surface area (Å²) in [6.07, 6.45) is 0. The molecule has 2 rings (SSSR count). The Morgan fingerprint density at radius 1 is 1.33 bits per heavy atom. The van der Waals surface area contributed by atoms with Gasteiger partial charge in [-0.05, 0) is 59.6 Å². The van der Waals surface area contributed by atoms with E-state index in [0.717, 1.165) is 9.75 Å². The van der Waals surface area contributed by atoms with Crippen molar-refractivity contribution in [3.8, 4) is 0 Å². The normalized spacial score (nSPS) is 13.3. The molecule has 21 heavy (non-hydrogen) atoms. The van der Waals surface area contributed by atoms with Crippen LogP contribution in [0.3, 0.4) is 0 Å². The summed E-state index contributed by atoms with van der Waals surface area (Å²) < 4.78 is 28.1. The Balaban J connectivity index is 2.30. The maximum absolute atomic E-state index is 12.5. The van der Waals surface area contributed by atoms with Gasteiger partial charge in [0.2, 0.25) is 10.0 Å².